The maximum atomic E-state index is 12.0. The summed E-state index contributed by atoms with van der Waals surface area (Å²) in [6, 6.07) is 3.84. The minimum Gasteiger partial charge on any atom is -0.304 e. The van der Waals surface area contributed by atoms with E-state index in [9.17, 15) is 9.59 Å². The molecule has 0 saturated heterocycles. The molecule has 0 bridgehead atoms. The van der Waals surface area contributed by atoms with Gasteiger partial charge in [0.15, 0.2) is 0 Å². The summed E-state index contributed by atoms with van der Waals surface area (Å²) >= 11 is 0. The van der Waals surface area contributed by atoms with Crippen molar-refractivity contribution in [3.05, 3.63) is 28.8 Å². The highest BCUT2D eigenvalue weighted by atomic mass is 16.2. The molecule has 0 aliphatic carbocycles. The lowest BCUT2D eigenvalue weighted by Crippen LogP contribution is -2.31. The summed E-state index contributed by atoms with van der Waals surface area (Å²) in [5.41, 5.74) is 3.42. The first-order valence-electron chi connectivity index (χ1n) is 6.39. The van der Waals surface area contributed by atoms with Crippen LogP contribution in [-0.2, 0) is 4.79 Å². The van der Waals surface area contributed by atoms with E-state index in [4.69, 9.17) is 0 Å². The number of fused-ring (bicyclic) bond motifs is 1. The Labute approximate surface area is 108 Å². The van der Waals surface area contributed by atoms with E-state index in [2.05, 4.69) is 13.8 Å². The average Bonchev–Trinajstić information content (AvgIpc) is 2.51. The summed E-state index contributed by atoms with van der Waals surface area (Å²) < 4.78 is 0. The second kappa shape index (κ2) is 4.56. The van der Waals surface area contributed by atoms with Crippen LogP contribution in [0, 0.1) is 19.8 Å². The third-order valence-electron chi connectivity index (χ3n) is 3.33. The van der Waals surface area contributed by atoms with Crippen molar-refractivity contribution in [1.29, 1.82) is 0 Å². The normalized spacial score (nSPS) is 14.6. The van der Waals surface area contributed by atoms with E-state index in [0.717, 1.165) is 23.2 Å². The summed E-state index contributed by atoms with van der Waals surface area (Å²) in [6.45, 7) is 8.76. The van der Waals surface area contributed by atoms with Crippen molar-refractivity contribution >= 4 is 17.4 Å². The first kappa shape index (κ1) is 12.8. The number of benzene rings is 1. The highest BCUT2D eigenvalue weighted by molar-refractivity contribution is 6.52. The van der Waals surface area contributed by atoms with Crippen molar-refractivity contribution in [2.75, 3.05) is 11.4 Å². The van der Waals surface area contributed by atoms with Gasteiger partial charge in [-0.15, -0.1) is 0 Å². The first-order valence-corrected chi connectivity index (χ1v) is 6.39. The van der Waals surface area contributed by atoms with Crippen LogP contribution in [0.25, 0.3) is 0 Å². The van der Waals surface area contributed by atoms with Crippen molar-refractivity contribution in [1.82, 2.24) is 0 Å². The molecule has 0 unspecified atom stereocenters. The maximum absolute atomic E-state index is 12.0. The summed E-state index contributed by atoms with van der Waals surface area (Å²) in [5.74, 6) is -0.220. The van der Waals surface area contributed by atoms with Gasteiger partial charge in [0, 0.05) is 6.54 Å². The monoisotopic (exact) mass is 245 g/mol. The molecule has 1 aliphatic rings. The molecule has 2 rings (SSSR count). The minimum atomic E-state index is -0.376. The lowest BCUT2D eigenvalue weighted by atomic mass is 10.0. The van der Waals surface area contributed by atoms with Gasteiger partial charge >= 0.3 is 0 Å². The molecule has 0 N–H and O–H groups in total. The van der Waals surface area contributed by atoms with Gasteiger partial charge in [0.05, 0.1) is 11.3 Å². The molecule has 1 heterocycles. The Morgan fingerprint density at radius 2 is 1.83 bits per heavy atom. The molecule has 1 aromatic carbocycles. The molecule has 3 nitrogen and oxygen atoms in total. The third-order valence-corrected chi connectivity index (χ3v) is 3.33. The van der Waals surface area contributed by atoms with Gasteiger partial charge in [0.2, 0.25) is 0 Å². The fourth-order valence-electron chi connectivity index (χ4n) is 2.43. The second-order valence-corrected chi connectivity index (χ2v) is 5.45. The van der Waals surface area contributed by atoms with Gasteiger partial charge in [-0.25, -0.2) is 0 Å². The lowest BCUT2D eigenvalue weighted by Gasteiger charge is -2.19. The molecular weight excluding hydrogens is 226 g/mol. The van der Waals surface area contributed by atoms with Crippen molar-refractivity contribution in [2.24, 2.45) is 5.92 Å². The molecule has 3 heteroatoms. The van der Waals surface area contributed by atoms with E-state index in [1.165, 1.54) is 0 Å². The van der Waals surface area contributed by atoms with Gasteiger partial charge < -0.3 is 4.90 Å². The Kier molecular flexibility index (Phi) is 3.24. The summed E-state index contributed by atoms with van der Waals surface area (Å²) in [6.07, 6.45) is 0.909. The van der Waals surface area contributed by atoms with Crippen LogP contribution < -0.4 is 4.90 Å². The number of aryl methyl sites for hydroxylation is 2. The number of nitrogens with zero attached hydrogens (tertiary/aromatic N) is 1. The maximum Gasteiger partial charge on any atom is 0.299 e. The largest absolute Gasteiger partial charge is 0.304 e. The quantitative estimate of drug-likeness (QED) is 0.768. The van der Waals surface area contributed by atoms with Gasteiger partial charge in [-0.3, -0.25) is 9.59 Å². The Bertz CT molecular complexity index is 517. The number of hydrogen-bond acceptors (Lipinski definition) is 2. The van der Waals surface area contributed by atoms with Crippen molar-refractivity contribution < 1.29 is 9.59 Å². The van der Waals surface area contributed by atoms with E-state index in [0.29, 0.717) is 18.0 Å². The molecule has 1 aliphatic heterocycles. The zero-order chi connectivity index (χ0) is 13.4. The molecule has 96 valence electrons. The molecule has 0 saturated carbocycles. The molecule has 0 radical (unpaired) electrons. The number of Topliss-reactive ketones (excluding diaryl/α,β-unsaturated/α-hetero) is 1. The van der Waals surface area contributed by atoms with Crippen LogP contribution >= 0.6 is 0 Å². The summed E-state index contributed by atoms with van der Waals surface area (Å²) in [7, 11) is 0. The van der Waals surface area contributed by atoms with Crippen molar-refractivity contribution in [3.8, 4) is 0 Å². The number of amides is 1. The lowest BCUT2D eigenvalue weighted by molar-refractivity contribution is -0.114. The predicted octanol–water partition coefficient (Wildman–Crippen LogP) is 2.88. The van der Waals surface area contributed by atoms with Crippen LogP contribution in [-0.4, -0.2) is 18.2 Å². The molecule has 1 aromatic rings. The number of hydrogen-bond donors (Lipinski definition) is 0. The number of rotatable bonds is 3. The van der Waals surface area contributed by atoms with E-state index < -0.39 is 0 Å². The zero-order valence-corrected chi connectivity index (χ0v) is 11.4. The van der Waals surface area contributed by atoms with Gasteiger partial charge in [-0.05, 0) is 43.4 Å². The van der Waals surface area contributed by atoms with Gasteiger partial charge in [0.1, 0.15) is 0 Å². The Hall–Kier alpha value is -1.64. The first-order chi connectivity index (χ1) is 8.41. The SMILES string of the molecule is Cc1cc(C)c2c(c1)C(=O)C(=O)N2CCC(C)C. The minimum absolute atomic E-state index is 0.361. The van der Waals surface area contributed by atoms with Crippen LogP contribution in [0.3, 0.4) is 0 Å². The molecule has 0 aromatic heterocycles. The molecule has 0 fully saturated rings. The number of carbonyl (C=O) groups is 2. The smallest absolute Gasteiger partial charge is 0.299 e. The Balaban J connectivity index is 2.42. The fourth-order valence-corrected chi connectivity index (χ4v) is 2.43. The molecule has 1 amide bonds. The fraction of sp³-hybridized carbons (Fsp3) is 0.467. The topological polar surface area (TPSA) is 37.4 Å². The van der Waals surface area contributed by atoms with Crippen LogP contribution in [0.15, 0.2) is 12.1 Å². The van der Waals surface area contributed by atoms with Gasteiger partial charge in [-0.2, -0.15) is 0 Å². The standard InChI is InChI=1S/C15H19NO2/c1-9(2)5-6-16-13-11(4)7-10(3)8-12(13)14(17)15(16)18/h7-9H,5-6H2,1-4H3. The van der Waals surface area contributed by atoms with Gasteiger partial charge in [0.25, 0.3) is 11.7 Å². The Morgan fingerprint density at radius 1 is 1.17 bits per heavy atom. The van der Waals surface area contributed by atoms with E-state index in [1.807, 2.05) is 26.0 Å². The second-order valence-electron chi connectivity index (χ2n) is 5.45. The molecular formula is C15H19NO2. The molecule has 0 spiro atoms. The number of anilines is 1. The van der Waals surface area contributed by atoms with Crippen LogP contribution in [0.5, 0.6) is 0 Å². The zero-order valence-electron chi connectivity index (χ0n) is 11.4. The molecule has 18 heavy (non-hydrogen) atoms. The summed E-state index contributed by atoms with van der Waals surface area (Å²) in [5, 5.41) is 0. The van der Waals surface area contributed by atoms with Crippen molar-refractivity contribution in [3.63, 3.8) is 0 Å². The molecule has 0 atom stereocenters. The number of ketones is 1. The van der Waals surface area contributed by atoms with Crippen LogP contribution in [0.4, 0.5) is 5.69 Å². The highest BCUT2D eigenvalue weighted by Gasteiger charge is 2.36. The summed E-state index contributed by atoms with van der Waals surface area (Å²) in [4.78, 5) is 25.6. The van der Waals surface area contributed by atoms with Gasteiger partial charge in [-0.1, -0.05) is 19.9 Å². The van der Waals surface area contributed by atoms with E-state index >= 15 is 0 Å². The third kappa shape index (κ3) is 2.05. The van der Waals surface area contributed by atoms with E-state index in [1.54, 1.807) is 4.90 Å². The van der Waals surface area contributed by atoms with Crippen LogP contribution in [0.2, 0.25) is 0 Å². The predicted molar refractivity (Wildman–Crippen MR) is 72.1 cm³/mol. The van der Waals surface area contributed by atoms with Crippen LogP contribution in [0.1, 0.15) is 41.8 Å². The Morgan fingerprint density at radius 3 is 2.44 bits per heavy atom. The van der Waals surface area contributed by atoms with Crippen molar-refractivity contribution in [2.45, 2.75) is 34.1 Å². The highest BCUT2D eigenvalue weighted by Crippen LogP contribution is 2.33. The van der Waals surface area contributed by atoms with E-state index in [-0.39, 0.29) is 11.7 Å². The number of carbonyl (C=O) groups excluding carboxylic acids is 2. The average molecular weight is 245 g/mol.